The Balaban J connectivity index is 1.61. The molecule has 0 amide bonds. The van der Waals surface area contributed by atoms with Crippen LogP contribution in [0.3, 0.4) is 0 Å². The number of alkyl halides is 3. The van der Waals surface area contributed by atoms with Gasteiger partial charge in [-0.25, -0.2) is 10.4 Å². The number of nitriles is 1. The first kappa shape index (κ1) is 22.5. The molecular weight excluding hydrogens is 443 g/mol. The van der Waals surface area contributed by atoms with Crippen LogP contribution in [0.1, 0.15) is 16.7 Å². The van der Waals surface area contributed by atoms with Crippen molar-refractivity contribution in [3.63, 3.8) is 0 Å². The maximum Gasteiger partial charge on any atom is 0.416 e. The molecule has 0 aliphatic heterocycles. The van der Waals surface area contributed by atoms with Gasteiger partial charge in [0, 0.05) is 11.1 Å². The highest BCUT2D eigenvalue weighted by atomic mass is 19.4. The Labute approximate surface area is 192 Å². The van der Waals surface area contributed by atoms with Crippen molar-refractivity contribution in [3.05, 3.63) is 106 Å². The molecule has 6 nitrogen and oxygen atoms in total. The van der Waals surface area contributed by atoms with Crippen LogP contribution in [0.25, 0.3) is 22.4 Å². The number of hydrogen-bond acceptors (Lipinski definition) is 5. The first-order valence-electron chi connectivity index (χ1n) is 10.0. The Morgan fingerprint density at radius 2 is 1.62 bits per heavy atom. The minimum atomic E-state index is -4.41. The van der Waals surface area contributed by atoms with E-state index in [1.54, 1.807) is 54.6 Å². The monoisotopic (exact) mass is 459 g/mol. The van der Waals surface area contributed by atoms with E-state index in [-0.39, 0.29) is 17.2 Å². The number of rotatable bonds is 5. The van der Waals surface area contributed by atoms with Crippen molar-refractivity contribution in [1.29, 1.82) is 5.26 Å². The lowest BCUT2D eigenvalue weighted by atomic mass is 9.99. The average molecular weight is 459 g/mol. The van der Waals surface area contributed by atoms with Gasteiger partial charge in [0.05, 0.1) is 17.5 Å². The first-order chi connectivity index (χ1) is 16.4. The maximum absolute atomic E-state index is 12.9. The molecule has 0 aliphatic carbocycles. The summed E-state index contributed by atoms with van der Waals surface area (Å²) in [4.78, 5) is 19.1. The lowest BCUT2D eigenvalue weighted by Gasteiger charge is -2.09. The summed E-state index contributed by atoms with van der Waals surface area (Å²) in [7, 11) is 0. The van der Waals surface area contributed by atoms with Crippen LogP contribution in [0, 0.1) is 11.3 Å². The van der Waals surface area contributed by atoms with Crippen LogP contribution in [-0.2, 0) is 6.18 Å². The molecule has 168 valence electrons. The van der Waals surface area contributed by atoms with Crippen molar-refractivity contribution < 1.29 is 13.2 Å². The van der Waals surface area contributed by atoms with E-state index in [9.17, 15) is 23.2 Å². The second-order valence-corrected chi connectivity index (χ2v) is 7.15. The van der Waals surface area contributed by atoms with Gasteiger partial charge in [-0.3, -0.25) is 9.78 Å². The molecule has 0 saturated carbocycles. The summed E-state index contributed by atoms with van der Waals surface area (Å²) in [5, 5.41) is 13.5. The van der Waals surface area contributed by atoms with Gasteiger partial charge < -0.3 is 0 Å². The zero-order valence-corrected chi connectivity index (χ0v) is 17.5. The van der Waals surface area contributed by atoms with Crippen LogP contribution in [0.15, 0.2) is 88.8 Å². The van der Waals surface area contributed by atoms with E-state index in [4.69, 9.17) is 0 Å². The Morgan fingerprint density at radius 3 is 2.29 bits per heavy atom. The second kappa shape index (κ2) is 9.42. The fraction of sp³-hybridized carbons (Fsp3) is 0.0400. The highest BCUT2D eigenvalue weighted by Gasteiger charge is 2.30. The summed E-state index contributed by atoms with van der Waals surface area (Å²) < 4.78 is 38.6. The molecule has 0 aliphatic rings. The summed E-state index contributed by atoms with van der Waals surface area (Å²) >= 11 is 0. The Kier molecular flexibility index (Phi) is 6.23. The number of nitrogens with zero attached hydrogens (tertiary/aromatic N) is 3. The number of benzene rings is 3. The summed E-state index contributed by atoms with van der Waals surface area (Å²) in [5.41, 5.74) is 3.91. The fourth-order valence-corrected chi connectivity index (χ4v) is 3.31. The topological polar surface area (TPSA) is 93.9 Å². The van der Waals surface area contributed by atoms with E-state index in [1.807, 2.05) is 6.07 Å². The molecule has 0 unspecified atom stereocenters. The quantitative estimate of drug-likeness (QED) is 0.307. The van der Waals surface area contributed by atoms with Gasteiger partial charge in [-0.2, -0.15) is 23.5 Å². The normalized spacial score (nSPS) is 11.4. The van der Waals surface area contributed by atoms with E-state index in [2.05, 4.69) is 20.5 Å². The number of hydrogen-bond donors (Lipinski definition) is 2. The number of aromatic amines is 1. The number of H-pyrrole nitrogens is 1. The highest BCUT2D eigenvalue weighted by molar-refractivity contribution is 5.90. The van der Waals surface area contributed by atoms with Gasteiger partial charge in [-0.1, -0.05) is 66.7 Å². The van der Waals surface area contributed by atoms with Crippen LogP contribution in [-0.4, -0.2) is 16.2 Å². The zero-order chi connectivity index (χ0) is 24.1. The highest BCUT2D eigenvalue weighted by Crippen LogP contribution is 2.31. The first-order valence-corrected chi connectivity index (χ1v) is 10.0. The molecule has 1 heterocycles. The smallest absolute Gasteiger partial charge is 0.290 e. The second-order valence-electron chi connectivity index (χ2n) is 7.15. The Morgan fingerprint density at radius 1 is 0.941 bits per heavy atom. The van der Waals surface area contributed by atoms with Crippen molar-refractivity contribution in [2.75, 3.05) is 5.43 Å². The molecule has 4 rings (SSSR count). The number of aromatic nitrogens is 2. The third kappa shape index (κ3) is 4.86. The number of anilines is 1. The Bertz CT molecular complexity index is 1440. The van der Waals surface area contributed by atoms with Gasteiger partial charge in [0.2, 0.25) is 5.95 Å². The standard InChI is InChI=1S/C25H16F3N5O/c26-25(27,28)19-12-10-16(11-13-19)20-9-5-4-8-18(20)15-30-33-24-31-22(17-6-2-1-3-7-17)21(14-29)23(34)32-24/h1-13,15H,(H2,31,32,33,34). The molecule has 2 N–H and O–H groups in total. The van der Waals surface area contributed by atoms with Crippen LogP contribution in [0.5, 0.6) is 0 Å². The molecule has 3 aromatic carbocycles. The van der Waals surface area contributed by atoms with Crippen molar-refractivity contribution in [2.24, 2.45) is 5.10 Å². The van der Waals surface area contributed by atoms with Crippen molar-refractivity contribution in [1.82, 2.24) is 9.97 Å². The van der Waals surface area contributed by atoms with Crippen LogP contribution in [0.2, 0.25) is 0 Å². The average Bonchev–Trinajstić information content (AvgIpc) is 2.84. The van der Waals surface area contributed by atoms with Gasteiger partial charge in [-0.05, 0) is 23.3 Å². The van der Waals surface area contributed by atoms with Crippen molar-refractivity contribution >= 4 is 12.2 Å². The van der Waals surface area contributed by atoms with Gasteiger partial charge in [-0.15, -0.1) is 0 Å². The molecular formula is C25H16F3N5O. The largest absolute Gasteiger partial charge is 0.416 e. The van der Waals surface area contributed by atoms with Crippen LogP contribution >= 0.6 is 0 Å². The molecule has 1 aromatic heterocycles. The number of nitrogens with one attached hydrogen (secondary N) is 2. The van der Waals surface area contributed by atoms with Crippen molar-refractivity contribution in [2.45, 2.75) is 6.18 Å². The van der Waals surface area contributed by atoms with E-state index in [1.165, 1.54) is 18.3 Å². The minimum absolute atomic E-state index is 0.0334. The molecule has 0 spiro atoms. The summed E-state index contributed by atoms with van der Waals surface area (Å²) in [5.74, 6) is 0.0334. The third-order valence-electron chi connectivity index (χ3n) is 4.94. The van der Waals surface area contributed by atoms with E-state index < -0.39 is 17.3 Å². The Hall–Kier alpha value is -4.71. The molecule has 34 heavy (non-hydrogen) atoms. The minimum Gasteiger partial charge on any atom is -0.290 e. The lowest BCUT2D eigenvalue weighted by molar-refractivity contribution is -0.137. The SMILES string of the molecule is N#Cc1c(-c2ccccc2)nc(NN=Cc2ccccc2-c2ccc(C(F)(F)F)cc2)[nH]c1=O. The third-order valence-corrected chi connectivity index (χ3v) is 4.94. The molecule has 0 fully saturated rings. The predicted molar refractivity (Wildman–Crippen MR) is 123 cm³/mol. The van der Waals surface area contributed by atoms with Gasteiger partial charge in [0.15, 0.2) is 0 Å². The van der Waals surface area contributed by atoms with Crippen LogP contribution < -0.4 is 11.0 Å². The number of hydrazone groups is 1. The molecule has 4 aromatic rings. The van der Waals surface area contributed by atoms with Gasteiger partial charge in [0.1, 0.15) is 11.6 Å². The number of halogens is 3. The predicted octanol–water partition coefficient (Wildman–Crippen LogP) is 5.44. The molecule has 0 saturated heterocycles. The van der Waals surface area contributed by atoms with Crippen LogP contribution in [0.4, 0.5) is 19.1 Å². The molecule has 0 radical (unpaired) electrons. The summed E-state index contributed by atoms with van der Waals surface area (Å²) in [6, 6.07) is 22.6. The van der Waals surface area contributed by atoms with Gasteiger partial charge in [0.25, 0.3) is 5.56 Å². The molecule has 0 atom stereocenters. The summed E-state index contributed by atoms with van der Waals surface area (Å²) in [6.07, 6.45) is -2.94. The van der Waals surface area contributed by atoms with E-state index in [0.29, 0.717) is 22.3 Å². The van der Waals surface area contributed by atoms with Crippen molar-refractivity contribution in [3.8, 4) is 28.5 Å². The maximum atomic E-state index is 12.9. The summed E-state index contributed by atoms with van der Waals surface area (Å²) in [6.45, 7) is 0. The molecule has 9 heteroatoms. The van der Waals surface area contributed by atoms with Gasteiger partial charge >= 0.3 is 6.18 Å². The zero-order valence-electron chi connectivity index (χ0n) is 17.5. The van der Waals surface area contributed by atoms with E-state index in [0.717, 1.165) is 12.1 Å². The molecule has 0 bridgehead atoms. The van der Waals surface area contributed by atoms with E-state index >= 15 is 0 Å². The fourth-order valence-electron chi connectivity index (χ4n) is 3.31. The lowest BCUT2D eigenvalue weighted by Crippen LogP contribution is -2.16.